The van der Waals surface area contributed by atoms with E-state index in [1.54, 1.807) is 4.90 Å². The summed E-state index contributed by atoms with van der Waals surface area (Å²) in [6, 6.07) is 9.57. The van der Waals surface area contributed by atoms with Gasteiger partial charge in [0, 0.05) is 32.2 Å². The summed E-state index contributed by atoms with van der Waals surface area (Å²) in [5, 5.41) is 0. The van der Waals surface area contributed by atoms with Crippen LogP contribution in [-0.4, -0.2) is 55.2 Å². The molecule has 2 aliphatic heterocycles. The van der Waals surface area contributed by atoms with Crippen LogP contribution in [0.2, 0.25) is 0 Å². The smallest absolute Gasteiger partial charge is 0.260 e. The molecule has 1 saturated heterocycles. The van der Waals surface area contributed by atoms with Crippen LogP contribution in [0.25, 0.3) is 0 Å². The molecule has 1 amide bonds. The average Bonchev–Trinajstić information content (AvgIpc) is 2.73. The minimum atomic E-state index is -0.272. The Morgan fingerprint density at radius 2 is 1.89 bits per heavy atom. The molecule has 0 atom stereocenters. The van der Waals surface area contributed by atoms with E-state index in [4.69, 9.17) is 13.9 Å². The van der Waals surface area contributed by atoms with E-state index in [0.717, 1.165) is 25.1 Å². The number of amides is 1. The SMILES string of the molecule is O=C(COc1coc(CN2CCOCC2)cc1=O)N1CCc2ccccc2C1. The second-order valence-corrected chi connectivity index (χ2v) is 7.09. The van der Waals surface area contributed by atoms with Crippen LogP contribution in [0.1, 0.15) is 16.9 Å². The minimum absolute atomic E-state index is 0.0662. The minimum Gasteiger partial charge on any atom is -0.477 e. The van der Waals surface area contributed by atoms with Crippen molar-refractivity contribution < 1.29 is 18.7 Å². The van der Waals surface area contributed by atoms with Crippen molar-refractivity contribution in [3.05, 3.63) is 63.7 Å². The molecular formula is C21H24N2O5. The van der Waals surface area contributed by atoms with Gasteiger partial charge in [-0.1, -0.05) is 24.3 Å². The highest BCUT2D eigenvalue weighted by atomic mass is 16.5. The summed E-state index contributed by atoms with van der Waals surface area (Å²) in [4.78, 5) is 28.7. The third-order valence-corrected chi connectivity index (χ3v) is 5.17. The second-order valence-electron chi connectivity index (χ2n) is 7.09. The van der Waals surface area contributed by atoms with Gasteiger partial charge >= 0.3 is 0 Å². The van der Waals surface area contributed by atoms with E-state index in [9.17, 15) is 9.59 Å². The zero-order valence-corrected chi connectivity index (χ0v) is 15.8. The lowest BCUT2D eigenvalue weighted by molar-refractivity contribution is -0.134. The Morgan fingerprint density at radius 3 is 2.68 bits per heavy atom. The number of rotatable bonds is 5. The molecule has 0 radical (unpaired) electrons. The molecule has 3 heterocycles. The van der Waals surface area contributed by atoms with Gasteiger partial charge in [0.15, 0.2) is 6.61 Å². The monoisotopic (exact) mass is 384 g/mol. The van der Waals surface area contributed by atoms with Gasteiger partial charge in [-0.2, -0.15) is 0 Å². The number of carbonyl (C=O) groups is 1. The van der Waals surface area contributed by atoms with Crippen LogP contribution in [0.5, 0.6) is 5.75 Å². The van der Waals surface area contributed by atoms with Crippen molar-refractivity contribution in [3.63, 3.8) is 0 Å². The topological polar surface area (TPSA) is 72.2 Å². The van der Waals surface area contributed by atoms with Gasteiger partial charge in [0.2, 0.25) is 11.2 Å². The Morgan fingerprint density at radius 1 is 1.11 bits per heavy atom. The molecule has 1 fully saturated rings. The number of hydrogen-bond donors (Lipinski definition) is 0. The first-order valence-corrected chi connectivity index (χ1v) is 9.58. The molecule has 28 heavy (non-hydrogen) atoms. The van der Waals surface area contributed by atoms with Gasteiger partial charge in [-0.15, -0.1) is 0 Å². The number of fused-ring (bicyclic) bond motifs is 1. The first kappa shape index (κ1) is 18.7. The molecule has 2 aromatic rings. The Balaban J connectivity index is 1.32. The molecule has 0 aliphatic carbocycles. The predicted molar refractivity (Wildman–Crippen MR) is 102 cm³/mol. The fourth-order valence-electron chi connectivity index (χ4n) is 3.55. The van der Waals surface area contributed by atoms with E-state index < -0.39 is 0 Å². The first-order valence-electron chi connectivity index (χ1n) is 9.58. The van der Waals surface area contributed by atoms with Crippen molar-refractivity contribution in [1.29, 1.82) is 0 Å². The molecular weight excluding hydrogens is 360 g/mol. The number of carbonyl (C=O) groups excluding carboxylic acids is 1. The summed E-state index contributed by atoms with van der Waals surface area (Å²) in [5.74, 6) is 0.515. The summed E-state index contributed by atoms with van der Waals surface area (Å²) >= 11 is 0. The van der Waals surface area contributed by atoms with Gasteiger partial charge in [-0.05, 0) is 17.5 Å². The van der Waals surface area contributed by atoms with Gasteiger partial charge in [0.05, 0.1) is 19.8 Å². The molecule has 0 unspecified atom stereocenters. The summed E-state index contributed by atoms with van der Waals surface area (Å²) in [7, 11) is 0. The van der Waals surface area contributed by atoms with Gasteiger partial charge in [0.25, 0.3) is 5.91 Å². The highest BCUT2D eigenvalue weighted by Gasteiger charge is 2.21. The highest BCUT2D eigenvalue weighted by Crippen LogP contribution is 2.18. The van der Waals surface area contributed by atoms with Crippen LogP contribution in [-0.2, 0) is 29.0 Å². The zero-order chi connectivity index (χ0) is 19.3. The van der Waals surface area contributed by atoms with E-state index in [0.29, 0.717) is 38.6 Å². The van der Waals surface area contributed by atoms with Crippen LogP contribution >= 0.6 is 0 Å². The van der Waals surface area contributed by atoms with E-state index in [-0.39, 0.29) is 23.7 Å². The van der Waals surface area contributed by atoms with Crippen molar-refractivity contribution in [2.45, 2.75) is 19.5 Å². The number of ether oxygens (including phenoxy) is 2. The summed E-state index contributed by atoms with van der Waals surface area (Å²) in [6.07, 6.45) is 2.14. The van der Waals surface area contributed by atoms with Gasteiger partial charge in [-0.3, -0.25) is 14.5 Å². The number of benzene rings is 1. The molecule has 1 aromatic carbocycles. The number of nitrogens with zero attached hydrogens (tertiary/aromatic N) is 2. The lowest BCUT2D eigenvalue weighted by Gasteiger charge is -2.28. The molecule has 0 saturated carbocycles. The van der Waals surface area contributed by atoms with Gasteiger partial charge in [0.1, 0.15) is 12.0 Å². The lowest BCUT2D eigenvalue weighted by Crippen LogP contribution is -2.39. The maximum absolute atomic E-state index is 12.5. The molecule has 7 nitrogen and oxygen atoms in total. The average molecular weight is 384 g/mol. The predicted octanol–water partition coefficient (Wildman–Crippen LogP) is 1.44. The summed E-state index contributed by atoms with van der Waals surface area (Å²) in [6.45, 7) is 4.63. The first-order chi connectivity index (χ1) is 13.7. The summed E-state index contributed by atoms with van der Waals surface area (Å²) < 4.78 is 16.3. The number of hydrogen-bond acceptors (Lipinski definition) is 6. The molecule has 148 valence electrons. The van der Waals surface area contributed by atoms with Crippen LogP contribution in [0.15, 0.2) is 45.8 Å². The molecule has 0 N–H and O–H groups in total. The van der Waals surface area contributed by atoms with Crippen LogP contribution < -0.4 is 10.2 Å². The van der Waals surface area contributed by atoms with Crippen molar-refractivity contribution in [1.82, 2.24) is 9.80 Å². The van der Waals surface area contributed by atoms with Crippen molar-refractivity contribution in [2.75, 3.05) is 39.5 Å². The lowest BCUT2D eigenvalue weighted by atomic mass is 10.00. The van der Waals surface area contributed by atoms with Crippen molar-refractivity contribution >= 4 is 5.91 Å². The normalized spacial score (nSPS) is 17.2. The maximum Gasteiger partial charge on any atom is 0.260 e. The molecule has 1 aromatic heterocycles. The summed E-state index contributed by atoms with van der Waals surface area (Å²) in [5.41, 5.74) is 2.17. The van der Waals surface area contributed by atoms with Crippen LogP contribution in [0, 0.1) is 0 Å². The largest absolute Gasteiger partial charge is 0.477 e. The standard InChI is InChI=1S/C21H24N2O5/c24-19-11-18(13-22-7-9-26-10-8-22)27-14-20(19)28-15-21(25)23-6-5-16-3-1-2-4-17(16)12-23/h1-4,11,14H,5-10,12-13,15H2. The van der Waals surface area contributed by atoms with Crippen molar-refractivity contribution in [2.24, 2.45) is 0 Å². The number of morpholine rings is 1. The fraction of sp³-hybridized carbons (Fsp3) is 0.429. The van der Waals surface area contributed by atoms with Crippen LogP contribution in [0.3, 0.4) is 0 Å². The van der Waals surface area contributed by atoms with E-state index >= 15 is 0 Å². The Labute approximate surface area is 163 Å². The quantitative estimate of drug-likeness (QED) is 0.777. The Hall–Kier alpha value is -2.64. The van der Waals surface area contributed by atoms with Crippen LogP contribution in [0.4, 0.5) is 0 Å². The Bertz CT molecular complexity index is 888. The highest BCUT2D eigenvalue weighted by molar-refractivity contribution is 5.78. The third-order valence-electron chi connectivity index (χ3n) is 5.17. The van der Waals surface area contributed by atoms with Gasteiger partial charge in [-0.25, -0.2) is 0 Å². The van der Waals surface area contributed by atoms with Crippen molar-refractivity contribution in [3.8, 4) is 5.75 Å². The van der Waals surface area contributed by atoms with Gasteiger partial charge < -0.3 is 18.8 Å². The Kier molecular flexibility index (Phi) is 5.73. The van der Waals surface area contributed by atoms with E-state index in [2.05, 4.69) is 11.0 Å². The van der Waals surface area contributed by atoms with E-state index in [1.807, 2.05) is 18.2 Å². The molecule has 0 spiro atoms. The maximum atomic E-state index is 12.5. The molecule has 0 bridgehead atoms. The zero-order valence-electron chi connectivity index (χ0n) is 15.8. The third kappa shape index (κ3) is 4.43. The molecule has 4 rings (SSSR count). The molecule has 7 heteroatoms. The molecule has 2 aliphatic rings. The second kappa shape index (κ2) is 8.58. The fourth-order valence-corrected chi connectivity index (χ4v) is 3.55. The van der Waals surface area contributed by atoms with E-state index in [1.165, 1.54) is 17.9 Å².